The highest BCUT2D eigenvalue weighted by atomic mass is 15.1. The summed E-state index contributed by atoms with van der Waals surface area (Å²) >= 11 is 0. The Hall–Kier alpha value is -1.61. The van der Waals surface area contributed by atoms with E-state index in [9.17, 15) is 0 Å². The average molecular weight is 227 g/mol. The Morgan fingerprint density at radius 1 is 1.29 bits per heavy atom. The summed E-state index contributed by atoms with van der Waals surface area (Å²) in [7, 11) is 0. The number of para-hydroxylation sites is 1. The fourth-order valence-corrected chi connectivity index (χ4v) is 2.08. The lowest BCUT2D eigenvalue weighted by Crippen LogP contribution is -2.17. The molecule has 0 amide bonds. The van der Waals surface area contributed by atoms with Crippen LogP contribution in [0.4, 0.5) is 0 Å². The van der Waals surface area contributed by atoms with E-state index in [1.54, 1.807) is 0 Å². The molecule has 3 rings (SSSR count). The quantitative estimate of drug-likeness (QED) is 0.869. The third-order valence-electron chi connectivity index (χ3n) is 3.17. The SMILES string of the molecule is Cc1ncc(CNC2CC2)n1-c1ccccc1. The summed E-state index contributed by atoms with van der Waals surface area (Å²) in [6.45, 7) is 2.95. The van der Waals surface area contributed by atoms with Crippen molar-refractivity contribution < 1.29 is 0 Å². The van der Waals surface area contributed by atoms with Crippen molar-refractivity contribution >= 4 is 0 Å². The lowest BCUT2D eigenvalue weighted by atomic mass is 10.3. The zero-order valence-electron chi connectivity index (χ0n) is 10.1. The van der Waals surface area contributed by atoms with Crippen LogP contribution >= 0.6 is 0 Å². The third kappa shape index (κ3) is 2.24. The minimum Gasteiger partial charge on any atom is -0.308 e. The molecule has 0 bridgehead atoms. The molecule has 3 heteroatoms. The highest BCUT2D eigenvalue weighted by Gasteiger charge is 2.21. The van der Waals surface area contributed by atoms with Gasteiger partial charge in [-0.3, -0.25) is 4.57 Å². The molecule has 0 unspecified atom stereocenters. The summed E-state index contributed by atoms with van der Waals surface area (Å²) in [4.78, 5) is 4.41. The average Bonchev–Trinajstić information content (AvgIpc) is 3.11. The van der Waals surface area contributed by atoms with Crippen LogP contribution in [0.1, 0.15) is 24.4 Å². The minimum absolute atomic E-state index is 0.731. The first-order valence-corrected chi connectivity index (χ1v) is 6.16. The molecule has 1 aromatic heterocycles. The van der Waals surface area contributed by atoms with E-state index >= 15 is 0 Å². The van der Waals surface area contributed by atoms with Crippen LogP contribution < -0.4 is 5.32 Å². The molecule has 0 spiro atoms. The van der Waals surface area contributed by atoms with E-state index in [0.717, 1.165) is 18.4 Å². The Balaban J connectivity index is 1.88. The molecule has 1 fully saturated rings. The van der Waals surface area contributed by atoms with Gasteiger partial charge < -0.3 is 5.32 Å². The molecule has 1 heterocycles. The lowest BCUT2D eigenvalue weighted by molar-refractivity contribution is 0.662. The summed E-state index contributed by atoms with van der Waals surface area (Å²) in [5.74, 6) is 1.05. The molecule has 3 nitrogen and oxygen atoms in total. The predicted molar refractivity (Wildman–Crippen MR) is 68.2 cm³/mol. The molecule has 2 aromatic rings. The van der Waals surface area contributed by atoms with Crippen molar-refractivity contribution in [2.75, 3.05) is 0 Å². The number of nitrogens with zero attached hydrogens (tertiary/aromatic N) is 2. The Kier molecular flexibility index (Phi) is 2.69. The van der Waals surface area contributed by atoms with E-state index in [0.29, 0.717) is 0 Å². The predicted octanol–water partition coefficient (Wildman–Crippen LogP) is 2.43. The topological polar surface area (TPSA) is 29.9 Å². The van der Waals surface area contributed by atoms with Gasteiger partial charge in [-0.15, -0.1) is 0 Å². The molecular formula is C14H17N3. The van der Waals surface area contributed by atoms with Gasteiger partial charge >= 0.3 is 0 Å². The lowest BCUT2D eigenvalue weighted by Gasteiger charge is -2.10. The van der Waals surface area contributed by atoms with Crippen molar-refractivity contribution in [3.05, 3.63) is 48.0 Å². The maximum atomic E-state index is 4.41. The van der Waals surface area contributed by atoms with Gasteiger partial charge in [0.2, 0.25) is 0 Å². The molecule has 1 aliphatic rings. The second-order valence-electron chi connectivity index (χ2n) is 4.62. The molecule has 1 aliphatic carbocycles. The maximum absolute atomic E-state index is 4.41. The molecule has 0 atom stereocenters. The summed E-state index contributed by atoms with van der Waals surface area (Å²) in [5, 5.41) is 3.54. The Morgan fingerprint density at radius 2 is 2.06 bits per heavy atom. The van der Waals surface area contributed by atoms with Crippen molar-refractivity contribution in [2.24, 2.45) is 0 Å². The maximum Gasteiger partial charge on any atom is 0.110 e. The van der Waals surface area contributed by atoms with Crippen LogP contribution in [0.25, 0.3) is 5.69 Å². The van der Waals surface area contributed by atoms with Gasteiger partial charge in [-0.25, -0.2) is 4.98 Å². The number of hydrogen-bond acceptors (Lipinski definition) is 2. The number of hydrogen-bond donors (Lipinski definition) is 1. The van der Waals surface area contributed by atoms with Crippen molar-refractivity contribution in [3.8, 4) is 5.69 Å². The normalized spacial score (nSPS) is 15.1. The molecule has 0 aliphatic heterocycles. The van der Waals surface area contributed by atoms with Crippen LogP contribution in [-0.2, 0) is 6.54 Å². The van der Waals surface area contributed by atoms with E-state index in [2.05, 4.69) is 39.1 Å². The Bertz CT molecular complexity index is 497. The van der Waals surface area contributed by atoms with Gasteiger partial charge in [0.25, 0.3) is 0 Å². The van der Waals surface area contributed by atoms with Gasteiger partial charge in [-0.2, -0.15) is 0 Å². The first kappa shape index (κ1) is 10.5. The first-order chi connectivity index (χ1) is 8.34. The summed E-state index contributed by atoms with van der Waals surface area (Å²) in [6, 6.07) is 11.1. The zero-order valence-corrected chi connectivity index (χ0v) is 10.1. The second-order valence-corrected chi connectivity index (χ2v) is 4.62. The molecule has 1 aromatic carbocycles. The van der Waals surface area contributed by atoms with Crippen LogP contribution in [-0.4, -0.2) is 15.6 Å². The number of nitrogens with one attached hydrogen (secondary N) is 1. The van der Waals surface area contributed by atoms with Crippen molar-refractivity contribution in [1.82, 2.24) is 14.9 Å². The molecule has 88 valence electrons. The Labute approximate surface area is 101 Å². The summed E-state index contributed by atoms with van der Waals surface area (Å²) in [6.07, 6.45) is 4.61. The highest BCUT2D eigenvalue weighted by Crippen LogP contribution is 2.20. The van der Waals surface area contributed by atoms with Crippen LogP contribution in [0.5, 0.6) is 0 Å². The van der Waals surface area contributed by atoms with Crippen molar-refractivity contribution in [3.63, 3.8) is 0 Å². The number of benzene rings is 1. The summed E-state index contributed by atoms with van der Waals surface area (Å²) in [5.41, 5.74) is 2.43. The number of aryl methyl sites for hydroxylation is 1. The van der Waals surface area contributed by atoms with Crippen LogP contribution in [0.2, 0.25) is 0 Å². The minimum atomic E-state index is 0.731. The Morgan fingerprint density at radius 3 is 2.76 bits per heavy atom. The van der Waals surface area contributed by atoms with Gasteiger partial charge in [0, 0.05) is 18.3 Å². The first-order valence-electron chi connectivity index (χ1n) is 6.16. The fourth-order valence-electron chi connectivity index (χ4n) is 2.08. The van der Waals surface area contributed by atoms with E-state index in [1.807, 2.05) is 19.2 Å². The number of aromatic nitrogens is 2. The monoisotopic (exact) mass is 227 g/mol. The van der Waals surface area contributed by atoms with E-state index in [1.165, 1.54) is 24.2 Å². The molecular weight excluding hydrogens is 210 g/mol. The molecule has 0 radical (unpaired) electrons. The van der Waals surface area contributed by atoms with E-state index in [4.69, 9.17) is 0 Å². The van der Waals surface area contributed by atoms with Crippen LogP contribution in [0.15, 0.2) is 36.5 Å². The molecule has 1 saturated carbocycles. The van der Waals surface area contributed by atoms with E-state index in [-0.39, 0.29) is 0 Å². The van der Waals surface area contributed by atoms with Crippen molar-refractivity contribution in [1.29, 1.82) is 0 Å². The summed E-state index contributed by atoms with van der Waals surface area (Å²) < 4.78 is 2.22. The largest absolute Gasteiger partial charge is 0.308 e. The second kappa shape index (κ2) is 4.34. The smallest absolute Gasteiger partial charge is 0.110 e. The van der Waals surface area contributed by atoms with Gasteiger partial charge in [0.15, 0.2) is 0 Å². The molecule has 0 saturated heterocycles. The van der Waals surface area contributed by atoms with Crippen LogP contribution in [0, 0.1) is 6.92 Å². The van der Waals surface area contributed by atoms with Gasteiger partial charge in [-0.05, 0) is 31.9 Å². The standard InChI is InChI=1S/C14H17N3/c1-11-15-9-14(10-16-12-7-8-12)17(11)13-5-3-2-4-6-13/h2-6,9,12,16H,7-8,10H2,1H3. The molecule has 1 N–H and O–H groups in total. The van der Waals surface area contributed by atoms with Crippen molar-refractivity contribution in [2.45, 2.75) is 32.4 Å². The highest BCUT2D eigenvalue weighted by molar-refractivity contribution is 5.35. The zero-order chi connectivity index (χ0) is 11.7. The number of imidazole rings is 1. The number of rotatable bonds is 4. The van der Waals surface area contributed by atoms with Gasteiger partial charge in [0.05, 0.1) is 11.9 Å². The van der Waals surface area contributed by atoms with Gasteiger partial charge in [-0.1, -0.05) is 18.2 Å². The molecule has 17 heavy (non-hydrogen) atoms. The fraction of sp³-hybridized carbons (Fsp3) is 0.357. The third-order valence-corrected chi connectivity index (χ3v) is 3.17. The van der Waals surface area contributed by atoms with Gasteiger partial charge in [0.1, 0.15) is 5.82 Å². The van der Waals surface area contributed by atoms with Crippen LogP contribution in [0.3, 0.4) is 0 Å². The van der Waals surface area contributed by atoms with E-state index < -0.39 is 0 Å².